The van der Waals surface area contributed by atoms with Crippen LogP contribution in [0.4, 0.5) is 0 Å². The smallest absolute Gasteiger partial charge is 0.231 e. The number of hydrogen-bond acceptors (Lipinski definition) is 5. The van der Waals surface area contributed by atoms with Crippen molar-refractivity contribution in [2.24, 2.45) is 5.92 Å². The van der Waals surface area contributed by atoms with Gasteiger partial charge in [-0.1, -0.05) is 24.3 Å². The second-order valence-electron chi connectivity index (χ2n) is 9.52. The Labute approximate surface area is 198 Å². The molecule has 2 fully saturated rings. The van der Waals surface area contributed by atoms with Gasteiger partial charge in [0.15, 0.2) is 11.5 Å². The van der Waals surface area contributed by atoms with Crippen LogP contribution in [0.2, 0.25) is 0 Å². The minimum atomic E-state index is 0.286. The van der Waals surface area contributed by atoms with Crippen molar-refractivity contribution in [3.8, 4) is 11.5 Å². The Morgan fingerprint density at radius 3 is 2.88 bits per heavy atom. The number of rotatable bonds is 5. The molecule has 0 bridgehead atoms. The highest BCUT2D eigenvalue weighted by atomic mass is 32.1. The van der Waals surface area contributed by atoms with Crippen molar-refractivity contribution in [3.05, 3.63) is 59.0 Å². The van der Waals surface area contributed by atoms with E-state index in [-0.39, 0.29) is 6.79 Å². The van der Waals surface area contributed by atoms with Crippen LogP contribution in [-0.2, 0) is 17.8 Å². The highest BCUT2D eigenvalue weighted by Gasteiger charge is 2.37. The molecule has 0 saturated carbocycles. The summed E-state index contributed by atoms with van der Waals surface area (Å²) in [5.41, 5.74) is 1.14. The molecule has 4 heterocycles. The van der Waals surface area contributed by atoms with E-state index in [4.69, 9.17) is 9.47 Å². The van der Waals surface area contributed by atoms with Gasteiger partial charge in [-0.25, -0.2) is 0 Å². The SMILES string of the molecule is O=C(CCc1ccc2c(c1)OCO2)N1CCC[C@@H]2CN(Cc3cc4ccccc4s3)CC[C@@H]21. The average Bonchev–Trinajstić information content (AvgIpc) is 3.47. The van der Waals surface area contributed by atoms with Gasteiger partial charge in [-0.2, -0.15) is 0 Å². The van der Waals surface area contributed by atoms with Crippen LogP contribution in [0.15, 0.2) is 48.5 Å². The molecule has 33 heavy (non-hydrogen) atoms. The van der Waals surface area contributed by atoms with E-state index < -0.39 is 0 Å². The number of benzene rings is 2. The fraction of sp³-hybridized carbons (Fsp3) is 0.444. The normalized spacial score (nSPS) is 22.5. The highest BCUT2D eigenvalue weighted by molar-refractivity contribution is 7.19. The number of nitrogens with zero attached hydrogens (tertiary/aromatic N) is 2. The first-order valence-electron chi connectivity index (χ1n) is 12.1. The summed E-state index contributed by atoms with van der Waals surface area (Å²) in [5.74, 6) is 2.49. The third-order valence-corrected chi connectivity index (χ3v) is 8.49. The van der Waals surface area contributed by atoms with Gasteiger partial charge in [-0.3, -0.25) is 9.69 Å². The Balaban J connectivity index is 1.06. The maximum Gasteiger partial charge on any atom is 0.231 e. The molecular weight excluding hydrogens is 432 g/mol. The van der Waals surface area contributed by atoms with E-state index in [1.54, 1.807) is 0 Å². The third-order valence-electron chi connectivity index (χ3n) is 7.39. The van der Waals surface area contributed by atoms with Gasteiger partial charge in [0.1, 0.15) is 0 Å². The van der Waals surface area contributed by atoms with Crippen LogP contribution >= 0.6 is 11.3 Å². The average molecular weight is 463 g/mol. The van der Waals surface area contributed by atoms with E-state index >= 15 is 0 Å². The third kappa shape index (κ3) is 4.34. The molecular formula is C27H30N2O3S. The zero-order valence-electron chi connectivity index (χ0n) is 18.9. The molecule has 6 heteroatoms. The van der Waals surface area contributed by atoms with Gasteiger partial charge >= 0.3 is 0 Å². The summed E-state index contributed by atoms with van der Waals surface area (Å²) in [5, 5.41) is 1.35. The molecule has 0 N–H and O–H groups in total. The summed E-state index contributed by atoms with van der Waals surface area (Å²) in [6, 6.07) is 17.4. The largest absolute Gasteiger partial charge is 0.454 e. The van der Waals surface area contributed by atoms with Crippen molar-refractivity contribution in [2.45, 2.75) is 44.7 Å². The zero-order chi connectivity index (χ0) is 22.2. The molecule has 172 valence electrons. The topological polar surface area (TPSA) is 42.0 Å². The molecule has 0 aliphatic carbocycles. The predicted molar refractivity (Wildman–Crippen MR) is 131 cm³/mol. The fourth-order valence-electron chi connectivity index (χ4n) is 5.76. The van der Waals surface area contributed by atoms with Gasteiger partial charge in [0.2, 0.25) is 12.7 Å². The van der Waals surface area contributed by atoms with Crippen LogP contribution in [0.25, 0.3) is 10.1 Å². The maximum absolute atomic E-state index is 13.2. The lowest BCUT2D eigenvalue weighted by molar-refractivity contribution is -0.138. The molecule has 0 unspecified atom stereocenters. The Bertz CT molecular complexity index is 1130. The Morgan fingerprint density at radius 1 is 1.03 bits per heavy atom. The standard InChI is InChI=1S/C27H30N2O3S/c30-27(10-8-19-7-9-24-25(14-19)32-18-31-24)29-12-3-5-21-16-28(13-11-23(21)29)17-22-15-20-4-1-2-6-26(20)33-22/h1-2,4,6-7,9,14-15,21,23H,3,5,8,10-13,16-18H2/t21-,23+/m1/s1. The number of thiophene rings is 1. The summed E-state index contributed by atoms with van der Waals surface area (Å²) in [6.45, 7) is 4.40. The van der Waals surface area contributed by atoms with E-state index in [2.05, 4.69) is 40.1 Å². The van der Waals surface area contributed by atoms with Crippen molar-refractivity contribution >= 4 is 27.3 Å². The molecule has 1 aromatic heterocycles. The van der Waals surface area contributed by atoms with Crippen molar-refractivity contribution in [1.29, 1.82) is 0 Å². The lowest BCUT2D eigenvalue weighted by Crippen LogP contribution is -2.55. The van der Waals surface area contributed by atoms with E-state index in [0.29, 0.717) is 24.3 Å². The van der Waals surface area contributed by atoms with E-state index in [1.165, 1.54) is 21.4 Å². The van der Waals surface area contributed by atoms with Crippen molar-refractivity contribution < 1.29 is 14.3 Å². The number of aryl methyl sites for hydroxylation is 1. The molecule has 5 nitrogen and oxygen atoms in total. The van der Waals surface area contributed by atoms with Crippen LogP contribution in [0.1, 0.15) is 36.1 Å². The van der Waals surface area contributed by atoms with Gasteiger partial charge in [0.25, 0.3) is 0 Å². The number of carbonyl (C=O) groups excluding carboxylic acids is 1. The fourth-order valence-corrected chi connectivity index (χ4v) is 6.87. The summed E-state index contributed by atoms with van der Waals surface area (Å²) < 4.78 is 12.2. The second-order valence-corrected chi connectivity index (χ2v) is 10.7. The zero-order valence-corrected chi connectivity index (χ0v) is 19.7. The first-order valence-corrected chi connectivity index (χ1v) is 12.9. The van der Waals surface area contributed by atoms with Gasteiger partial charge in [0.05, 0.1) is 0 Å². The van der Waals surface area contributed by atoms with E-state index in [1.807, 2.05) is 29.5 Å². The molecule has 0 radical (unpaired) electrons. The minimum Gasteiger partial charge on any atom is -0.454 e. The van der Waals surface area contributed by atoms with Gasteiger partial charge in [-0.15, -0.1) is 11.3 Å². The van der Waals surface area contributed by atoms with Crippen LogP contribution in [0, 0.1) is 5.92 Å². The molecule has 1 amide bonds. The highest BCUT2D eigenvalue weighted by Crippen LogP contribution is 2.35. The molecule has 6 rings (SSSR count). The Morgan fingerprint density at radius 2 is 1.94 bits per heavy atom. The van der Waals surface area contributed by atoms with Gasteiger partial charge < -0.3 is 14.4 Å². The quantitative estimate of drug-likeness (QED) is 0.531. The minimum absolute atomic E-state index is 0.286. The van der Waals surface area contributed by atoms with Crippen LogP contribution in [0.5, 0.6) is 11.5 Å². The van der Waals surface area contributed by atoms with Crippen LogP contribution in [0.3, 0.4) is 0 Å². The van der Waals surface area contributed by atoms with E-state index in [9.17, 15) is 4.79 Å². The second kappa shape index (κ2) is 8.99. The summed E-state index contributed by atoms with van der Waals surface area (Å²) in [6.07, 6.45) is 4.76. The number of carbonyl (C=O) groups is 1. The number of amides is 1. The van der Waals surface area contributed by atoms with Crippen LogP contribution < -0.4 is 9.47 Å². The summed E-state index contributed by atoms with van der Waals surface area (Å²) >= 11 is 1.91. The molecule has 2 atom stereocenters. The summed E-state index contributed by atoms with van der Waals surface area (Å²) in [7, 11) is 0. The molecule has 3 aromatic rings. The molecule has 3 aliphatic rings. The first-order chi connectivity index (χ1) is 16.2. The lowest BCUT2D eigenvalue weighted by atomic mass is 9.83. The summed E-state index contributed by atoms with van der Waals surface area (Å²) in [4.78, 5) is 19.4. The molecule has 0 spiro atoms. The van der Waals surface area contributed by atoms with Gasteiger partial charge in [0, 0.05) is 48.2 Å². The number of hydrogen-bond donors (Lipinski definition) is 0. The van der Waals surface area contributed by atoms with Crippen LogP contribution in [-0.4, -0.2) is 48.2 Å². The molecule has 3 aliphatic heterocycles. The number of likely N-dealkylation sites (tertiary alicyclic amines) is 2. The maximum atomic E-state index is 13.2. The van der Waals surface area contributed by atoms with Crippen molar-refractivity contribution in [1.82, 2.24) is 9.80 Å². The number of piperidine rings is 2. The molecule has 2 saturated heterocycles. The molecule has 2 aromatic carbocycles. The predicted octanol–water partition coefficient (Wildman–Crippen LogP) is 5.08. The lowest BCUT2D eigenvalue weighted by Gasteiger charge is -2.47. The van der Waals surface area contributed by atoms with Gasteiger partial charge in [-0.05, 0) is 66.8 Å². The first kappa shape index (κ1) is 21.0. The van der Waals surface area contributed by atoms with Crippen molar-refractivity contribution in [2.75, 3.05) is 26.4 Å². The Hall–Kier alpha value is -2.57. The van der Waals surface area contributed by atoms with Crippen molar-refractivity contribution in [3.63, 3.8) is 0 Å². The number of fused-ring (bicyclic) bond motifs is 3. The number of ether oxygens (including phenoxy) is 2. The van der Waals surface area contributed by atoms with E-state index in [0.717, 1.165) is 62.5 Å². The monoisotopic (exact) mass is 462 g/mol. The Kier molecular flexibility index (Phi) is 5.72.